The smallest absolute Gasteiger partial charge is 0.253 e. The first-order valence-electron chi connectivity index (χ1n) is 9.75. The molecule has 1 saturated carbocycles. The van der Waals surface area contributed by atoms with Gasteiger partial charge in [-0.25, -0.2) is 0 Å². The van der Waals surface area contributed by atoms with Gasteiger partial charge in [-0.2, -0.15) is 0 Å². The first kappa shape index (κ1) is 19.7. The van der Waals surface area contributed by atoms with Crippen molar-refractivity contribution in [1.82, 2.24) is 10.2 Å². The second-order valence-electron chi connectivity index (χ2n) is 7.30. The standard InChI is InChI=1S/C24H26N2O2/c1-4-17-6-8-18(9-7-17)19-10-12-20(13-11-19)24(28)26(3)22-15-14-21(16-22)25-23(27)5-2/h1,6-13,21-22H,5,14-16H2,2-3H3,(H,25,27)/t21-,22+/m0/s1. The van der Waals surface area contributed by atoms with Gasteiger partial charge in [-0.15, -0.1) is 6.42 Å². The second-order valence-corrected chi connectivity index (χ2v) is 7.30. The molecule has 4 heteroatoms. The molecule has 144 valence electrons. The molecule has 3 rings (SSSR count). The lowest BCUT2D eigenvalue weighted by atomic mass is 10.0. The van der Waals surface area contributed by atoms with Crippen LogP contribution in [-0.4, -0.2) is 35.8 Å². The van der Waals surface area contributed by atoms with Crippen LogP contribution in [0.3, 0.4) is 0 Å². The highest BCUT2D eigenvalue weighted by molar-refractivity contribution is 5.94. The lowest BCUT2D eigenvalue weighted by Gasteiger charge is -2.25. The van der Waals surface area contributed by atoms with Gasteiger partial charge >= 0.3 is 0 Å². The molecule has 1 fully saturated rings. The van der Waals surface area contributed by atoms with Crippen LogP contribution in [0.1, 0.15) is 48.5 Å². The first-order valence-corrected chi connectivity index (χ1v) is 9.75. The van der Waals surface area contributed by atoms with E-state index in [2.05, 4.69) is 11.2 Å². The van der Waals surface area contributed by atoms with Gasteiger partial charge in [0, 0.05) is 36.7 Å². The Morgan fingerprint density at radius 1 is 1.07 bits per heavy atom. The Bertz CT molecular complexity index is 878. The Labute approximate surface area is 166 Å². The van der Waals surface area contributed by atoms with E-state index in [1.807, 2.05) is 67.4 Å². The number of rotatable bonds is 5. The fraction of sp³-hybridized carbons (Fsp3) is 0.333. The number of amides is 2. The molecule has 0 unspecified atom stereocenters. The molecule has 2 atom stereocenters. The lowest BCUT2D eigenvalue weighted by molar-refractivity contribution is -0.121. The van der Waals surface area contributed by atoms with Crippen molar-refractivity contribution in [2.75, 3.05) is 7.05 Å². The molecule has 0 saturated heterocycles. The van der Waals surface area contributed by atoms with E-state index < -0.39 is 0 Å². The number of carbonyl (C=O) groups excluding carboxylic acids is 2. The van der Waals surface area contributed by atoms with Gasteiger partial charge in [0.2, 0.25) is 5.91 Å². The molecule has 1 aliphatic carbocycles. The number of nitrogens with one attached hydrogen (secondary N) is 1. The second kappa shape index (κ2) is 8.75. The summed E-state index contributed by atoms with van der Waals surface area (Å²) in [6, 6.07) is 15.8. The van der Waals surface area contributed by atoms with Crippen LogP contribution in [0, 0.1) is 12.3 Å². The van der Waals surface area contributed by atoms with Gasteiger partial charge in [0.1, 0.15) is 0 Å². The van der Waals surface area contributed by atoms with Gasteiger partial charge in [-0.3, -0.25) is 9.59 Å². The van der Waals surface area contributed by atoms with E-state index >= 15 is 0 Å². The van der Waals surface area contributed by atoms with Crippen LogP contribution in [0.5, 0.6) is 0 Å². The maximum Gasteiger partial charge on any atom is 0.253 e. The molecular formula is C24H26N2O2. The summed E-state index contributed by atoms with van der Waals surface area (Å²) in [5.74, 6) is 2.70. The average Bonchev–Trinajstić information content (AvgIpc) is 3.21. The number of carbonyl (C=O) groups is 2. The van der Waals surface area contributed by atoms with E-state index in [1.54, 1.807) is 0 Å². The van der Waals surface area contributed by atoms with E-state index in [0.29, 0.717) is 12.0 Å². The summed E-state index contributed by atoms with van der Waals surface area (Å²) in [4.78, 5) is 26.3. The van der Waals surface area contributed by atoms with Gasteiger partial charge in [0.15, 0.2) is 0 Å². The summed E-state index contributed by atoms with van der Waals surface area (Å²) in [7, 11) is 1.85. The zero-order valence-electron chi connectivity index (χ0n) is 16.4. The minimum Gasteiger partial charge on any atom is -0.353 e. The van der Waals surface area contributed by atoms with Crippen molar-refractivity contribution in [3.8, 4) is 23.5 Å². The monoisotopic (exact) mass is 374 g/mol. The highest BCUT2D eigenvalue weighted by Gasteiger charge is 2.30. The number of hydrogen-bond donors (Lipinski definition) is 1. The fourth-order valence-corrected chi connectivity index (χ4v) is 3.70. The third-order valence-corrected chi connectivity index (χ3v) is 5.48. The average molecular weight is 374 g/mol. The normalized spacial score (nSPS) is 18.3. The third-order valence-electron chi connectivity index (χ3n) is 5.48. The van der Waals surface area contributed by atoms with Crippen molar-refractivity contribution in [2.45, 2.75) is 44.7 Å². The van der Waals surface area contributed by atoms with E-state index in [1.165, 1.54) is 0 Å². The Balaban J connectivity index is 1.64. The van der Waals surface area contributed by atoms with Crippen LogP contribution in [0.4, 0.5) is 0 Å². The van der Waals surface area contributed by atoms with E-state index in [9.17, 15) is 9.59 Å². The topological polar surface area (TPSA) is 49.4 Å². The predicted molar refractivity (Wildman–Crippen MR) is 112 cm³/mol. The Morgan fingerprint density at radius 2 is 1.68 bits per heavy atom. The molecule has 4 nitrogen and oxygen atoms in total. The fourth-order valence-electron chi connectivity index (χ4n) is 3.70. The molecule has 0 radical (unpaired) electrons. The number of benzene rings is 2. The molecule has 1 N–H and O–H groups in total. The maximum atomic E-state index is 12.9. The van der Waals surface area contributed by atoms with Crippen molar-refractivity contribution in [2.24, 2.45) is 0 Å². The van der Waals surface area contributed by atoms with Gasteiger partial charge in [-0.1, -0.05) is 37.1 Å². The molecule has 0 spiro atoms. The molecule has 2 aromatic rings. The summed E-state index contributed by atoms with van der Waals surface area (Å²) in [6.45, 7) is 1.85. The van der Waals surface area contributed by atoms with Crippen LogP contribution in [0.2, 0.25) is 0 Å². The van der Waals surface area contributed by atoms with Crippen LogP contribution in [0.25, 0.3) is 11.1 Å². The highest BCUT2D eigenvalue weighted by atomic mass is 16.2. The van der Waals surface area contributed by atoms with Gasteiger partial charge in [0.25, 0.3) is 5.91 Å². The van der Waals surface area contributed by atoms with E-state index in [-0.39, 0.29) is 23.9 Å². The van der Waals surface area contributed by atoms with Gasteiger partial charge in [-0.05, 0) is 54.7 Å². The molecule has 0 aromatic heterocycles. The Morgan fingerprint density at radius 3 is 2.25 bits per heavy atom. The highest BCUT2D eigenvalue weighted by Crippen LogP contribution is 2.26. The molecule has 2 aromatic carbocycles. The number of nitrogens with zero attached hydrogens (tertiary/aromatic N) is 1. The summed E-state index contributed by atoms with van der Waals surface area (Å²) in [5, 5.41) is 3.04. The third kappa shape index (κ3) is 4.43. The number of terminal acetylenes is 1. The van der Waals surface area contributed by atoms with Gasteiger partial charge in [0.05, 0.1) is 0 Å². The van der Waals surface area contributed by atoms with Crippen LogP contribution >= 0.6 is 0 Å². The van der Waals surface area contributed by atoms with Crippen molar-refractivity contribution in [1.29, 1.82) is 0 Å². The van der Waals surface area contributed by atoms with Crippen molar-refractivity contribution in [3.63, 3.8) is 0 Å². The van der Waals surface area contributed by atoms with Gasteiger partial charge < -0.3 is 10.2 Å². The zero-order chi connectivity index (χ0) is 20.1. The molecule has 0 aliphatic heterocycles. The van der Waals surface area contributed by atoms with Crippen molar-refractivity contribution in [3.05, 3.63) is 59.7 Å². The molecule has 1 aliphatic rings. The molecule has 0 bridgehead atoms. The van der Waals surface area contributed by atoms with E-state index in [0.717, 1.165) is 36.0 Å². The lowest BCUT2D eigenvalue weighted by Crippen LogP contribution is -2.38. The maximum absolute atomic E-state index is 12.9. The molecular weight excluding hydrogens is 348 g/mol. The molecule has 0 heterocycles. The van der Waals surface area contributed by atoms with Crippen LogP contribution < -0.4 is 5.32 Å². The minimum absolute atomic E-state index is 0.0155. The van der Waals surface area contributed by atoms with E-state index in [4.69, 9.17) is 6.42 Å². The summed E-state index contributed by atoms with van der Waals surface area (Å²) < 4.78 is 0. The number of hydrogen-bond acceptors (Lipinski definition) is 2. The quantitative estimate of drug-likeness (QED) is 0.808. The summed E-state index contributed by atoms with van der Waals surface area (Å²) in [6.07, 6.45) is 8.54. The van der Waals surface area contributed by atoms with Crippen LogP contribution in [0.15, 0.2) is 48.5 Å². The largest absolute Gasteiger partial charge is 0.353 e. The Hall–Kier alpha value is -3.06. The minimum atomic E-state index is 0.0155. The van der Waals surface area contributed by atoms with Crippen LogP contribution in [-0.2, 0) is 4.79 Å². The zero-order valence-corrected chi connectivity index (χ0v) is 16.4. The Kier molecular flexibility index (Phi) is 6.16. The van der Waals surface area contributed by atoms with Crippen molar-refractivity contribution >= 4 is 11.8 Å². The molecule has 28 heavy (non-hydrogen) atoms. The summed E-state index contributed by atoms with van der Waals surface area (Å²) >= 11 is 0. The predicted octanol–water partition coefficient (Wildman–Crippen LogP) is 3.85. The molecule has 2 amide bonds. The SMILES string of the molecule is C#Cc1ccc(-c2ccc(C(=O)N(C)[C@@H]3CC[C@H](NC(=O)CC)C3)cc2)cc1. The first-order chi connectivity index (χ1) is 13.5. The van der Waals surface area contributed by atoms with Crippen molar-refractivity contribution < 1.29 is 9.59 Å². The summed E-state index contributed by atoms with van der Waals surface area (Å²) in [5.41, 5.74) is 3.64.